The first kappa shape index (κ1) is 18.4. The number of aliphatic hydroxyl groups excluding tert-OH is 1. The van der Waals surface area contributed by atoms with Gasteiger partial charge in [0.1, 0.15) is 11.5 Å². The van der Waals surface area contributed by atoms with Crippen LogP contribution in [-0.2, 0) is 17.8 Å². The maximum absolute atomic E-state index is 13.0. The fourth-order valence-corrected chi connectivity index (χ4v) is 4.13. The number of anilines is 1. The van der Waals surface area contributed by atoms with Gasteiger partial charge in [0, 0.05) is 19.0 Å². The van der Waals surface area contributed by atoms with Crippen LogP contribution in [0.25, 0.3) is 0 Å². The van der Waals surface area contributed by atoms with Crippen molar-refractivity contribution in [2.75, 3.05) is 12.3 Å². The third kappa shape index (κ3) is 3.71. The second-order valence-electron chi connectivity index (χ2n) is 7.54. The van der Waals surface area contributed by atoms with Gasteiger partial charge in [-0.3, -0.25) is 9.59 Å². The number of pyridine rings is 1. The van der Waals surface area contributed by atoms with Crippen LogP contribution in [0.1, 0.15) is 34.5 Å². The smallest absolute Gasteiger partial charge is 0.270 e. The van der Waals surface area contributed by atoms with Crippen molar-refractivity contribution in [1.29, 1.82) is 0 Å². The summed E-state index contributed by atoms with van der Waals surface area (Å²) in [5.74, 6) is -0.374. The fraction of sp³-hybridized carbons (Fsp3) is 0.381. The molecule has 0 saturated heterocycles. The third-order valence-corrected chi connectivity index (χ3v) is 5.64. The Morgan fingerprint density at radius 3 is 2.68 bits per heavy atom. The fourth-order valence-electron chi connectivity index (χ4n) is 4.13. The summed E-state index contributed by atoms with van der Waals surface area (Å²) in [5.41, 5.74) is 8.29. The monoisotopic (exact) mass is 380 g/mol. The van der Waals surface area contributed by atoms with E-state index in [1.54, 1.807) is 18.2 Å². The van der Waals surface area contributed by atoms with E-state index in [0.717, 1.165) is 6.42 Å². The molecule has 2 heterocycles. The first-order valence-corrected chi connectivity index (χ1v) is 9.58. The molecule has 3 atom stereocenters. The predicted molar refractivity (Wildman–Crippen MR) is 104 cm³/mol. The Kier molecular flexibility index (Phi) is 5.00. The number of nitrogen functional groups attached to an aromatic ring is 1. The minimum atomic E-state index is -0.754. The van der Waals surface area contributed by atoms with E-state index in [9.17, 15) is 14.7 Å². The van der Waals surface area contributed by atoms with E-state index in [4.69, 9.17) is 5.73 Å². The van der Waals surface area contributed by atoms with Crippen LogP contribution in [0.5, 0.6) is 0 Å². The molecule has 1 saturated carbocycles. The molecule has 0 unspecified atom stereocenters. The van der Waals surface area contributed by atoms with Gasteiger partial charge in [-0.15, -0.1) is 0 Å². The molecule has 28 heavy (non-hydrogen) atoms. The predicted octanol–water partition coefficient (Wildman–Crippen LogP) is 1.12. The molecular weight excluding hydrogens is 356 g/mol. The van der Waals surface area contributed by atoms with Crippen LogP contribution < -0.4 is 11.1 Å². The Bertz CT molecular complexity index is 901. The summed E-state index contributed by atoms with van der Waals surface area (Å²) in [6.07, 6.45) is 0.868. The SMILES string of the molecule is Nc1cccc(C(=O)N[C@H]2C[C@H](C(=O)N3CCc4ccccc4C3)C[C@@H]2O)n1. The first-order chi connectivity index (χ1) is 13.5. The molecule has 0 radical (unpaired) electrons. The highest BCUT2D eigenvalue weighted by Gasteiger charge is 2.40. The van der Waals surface area contributed by atoms with Crippen molar-refractivity contribution in [3.63, 3.8) is 0 Å². The number of amides is 2. The number of aliphatic hydroxyl groups is 1. The summed E-state index contributed by atoms with van der Waals surface area (Å²) in [7, 11) is 0. The topological polar surface area (TPSA) is 109 Å². The number of fused-ring (bicyclic) bond motifs is 1. The van der Waals surface area contributed by atoms with Gasteiger partial charge in [0.2, 0.25) is 5.91 Å². The van der Waals surface area contributed by atoms with Gasteiger partial charge in [0.05, 0.1) is 12.1 Å². The molecule has 1 aromatic carbocycles. The molecule has 4 N–H and O–H groups in total. The van der Waals surface area contributed by atoms with Crippen molar-refractivity contribution < 1.29 is 14.7 Å². The molecule has 2 amide bonds. The van der Waals surface area contributed by atoms with Crippen molar-refractivity contribution in [2.45, 2.75) is 38.0 Å². The zero-order chi connectivity index (χ0) is 19.7. The van der Waals surface area contributed by atoms with Crippen LogP contribution in [0.3, 0.4) is 0 Å². The highest BCUT2D eigenvalue weighted by molar-refractivity contribution is 5.93. The average Bonchev–Trinajstić information content (AvgIpc) is 3.07. The molecule has 1 aliphatic carbocycles. The van der Waals surface area contributed by atoms with Gasteiger partial charge in [-0.25, -0.2) is 4.98 Å². The van der Waals surface area contributed by atoms with Crippen molar-refractivity contribution in [3.8, 4) is 0 Å². The largest absolute Gasteiger partial charge is 0.391 e. The first-order valence-electron chi connectivity index (χ1n) is 9.58. The average molecular weight is 380 g/mol. The summed E-state index contributed by atoms with van der Waals surface area (Å²) >= 11 is 0. The Labute approximate surface area is 163 Å². The zero-order valence-corrected chi connectivity index (χ0v) is 15.5. The lowest BCUT2D eigenvalue weighted by Crippen LogP contribution is -2.41. The maximum atomic E-state index is 13.0. The van der Waals surface area contributed by atoms with Gasteiger partial charge in [0.15, 0.2) is 0 Å². The molecule has 1 aliphatic heterocycles. The lowest BCUT2D eigenvalue weighted by atomic mass is 9.98. The number of nitrogens with two attached hydrogens (primary N) is 1. The third-order valence-electron chi connectivity index (χ3n) is 5.64. The van der Waals surface area contributed by atoms with Crippen molar-refractivity contribution >= 4 is 17.6 Å². The highest BCUT2D eigenvalue weighted by Crippen LogP contribution is 2.30. The summed E-state index contributed by atoms with van der Waals surface area (Å²) in [4.78, 5) is 31.2. The van der Waals surface area contributed by atoms with E-state index < -0.39 is 18.1 Å². The minimum Gasteiger partial charge on any atom is -0.391 e. The normalized spacial score (nSPS) is 23.9. The van der Waals surface area contributed by atoms with E-state index in [1.165, 1.54) is 11.1 Å². The Morgan fingerprint density at radius 1 is 1.11 bits per heavy atom. The van der Waals surface area contributed by atoms with Crippen molar-refractivity contribution in [3.05, 3.63) is 59.3 Å². The van der Waals surface area contributed by atoms with E-state index >= 15 is 0 Å². The number of rotatable bonds is 3. The molecule has 0 bridgehead atoms. The number of nitrogens with one attached hydrogen (secondary N) is 1. The molecule has 2 aliphatic rings. The van der Waals surface area contributed by atoms with Crippen molar-refractivity contribution in [1.82, 2.24) is 15.2 Å². The summed E-state index contributed by atoms with van der Waals surface area (Å²) in [6.45, 7) is 1.29. The number of carbonyl (C=O) groups is 2. The number of hydrogen-bond donors (Lipinski definition) is 3. The van der Waals surface area contributed by atoms with Gasteiger partial charge in [-0.1, -0.05) is 30.3 Å². The van der Waals surface area contributed by atoms with Crippen molar-refractivity contribution in [2.24, 2.45) is 5.92 Å². The highest BCUT2D eigenvalue weighted by atomic mass is 16.3. The molecule has 1 fully saturated rings. The van der Waals surface area contributed by atoms with Gasteiger partial charge in [-0.2, -0.15) is 0 Å². The molecule has 4 rings (SSSR count). The molecule has 1 aromatic heterocycles. The van der Waals surface area contributed by atoms with Gasteiger partial charge >= 0.3 is 0 Å². The Morgan fingerprint density at radius 2 is 1.89 bits per heavy atom. The van der Waals surface area contributed by atoms with Gasteiger partial charge in [-0.05, 0) is 42.5 Å². The van der Waals surface area contributed by atoms with Crippen LogP contribution in [0.2, 0.25) is 0 Å². The summed E-state index contributed by atoms with van der Waals surface area (Å²) < 4.78 is 0. The van der Waals surface area contributed by atoms with E-state index in [-0.39, 0.29) is 23.3 Å². The lowest BCUT2D eigenvalue weighted by molar-refractivity contribution is -0.136. The lowest BCUT2D eigenvalue weighted by Gasteiger charge is -2.31. The molecule has 7 nitrogen and oxygen atoms in total. The number of hydrogen-bond acceptors (Lipinski definition) is 5. The summed E-state index contributed by atoms with van der Waals surface area (Å²) in [5, 5.41) is 13.2. The summed E-state index contributed by atoms with van der Waals surface area (Å²) in [6, 6.07) is 12.5. The van der Waals surface area contributed by atoms with Gasteiger partial charge in [0.25, 0.3) is 5.91 Å². The van der Waals surface area contributed by atoms with Crippen LogP contribution in [0, 0.1) is 5.92 Å². The molecular formula is C21H24N4O3. The minimum absolute atomic E-state index is 0.0485. The van der Waals surface area contributed by atoms with Crippen LogP contribution in [0.15, 0.2) is 42.5 Å². The van der Waals surface area contributed by atoms with E-state index in [0.29, 0.717) is 25.9 Å². The molecule has 146 valence electrons. The van der Waals surface area contributed by atoms with E-state index in [1.807, 2.05) is 17.0 Å². The molecule has 0 spiro atoms. The van der Waals surface area contributed by atoms with Crippen LogP contribution >= 0.6 is 0 Å². The van der Waals surface area contributed by atoms with Crippen LogP contribution in [-0.4, -0.2) is 45.5 Å². The second kappa shape index (κ2) is 7.59. The molecule has 2 aromatic rings. The molecule has 7 heteroatoms. The van der Waals surface area contributed by atoms with Gasteiger partial charge < -0.3 is 21.1 Å². The Balaban J connectivity index is 1.38. The van der Waals surface area contributed by atoms with Crippen LogP contribution in [0.4, 0.5) is 5.82 Å². The zero-order valence-electron chi connectivity index (χ0n) is 15.5. The number of benzene rings is 1. The number of carbonyl (C=O) groups excluding carboxylic acids is 2. The van der Waals surface area contributed by atoms with E-state index in [2.05, 4.69) is 22.4 Å². The quantitative estimate of drug-likeness (QED) is 0.739. The standard InChI is InChI=1S/C21H24N4O3/c22-19-7-3-6-16(23-19)20(27)24-17-10-15(11-18(17)26)21(28)25-9-8-13-4-1-2-5-14(13)12-25/h1-7,15,17-18,26H,8-12H2,(H2,22,23)(H,24,27)/t15-,17-,18-/m0/s1. The second-order valence-corrected chi connectivity index (χ2v) is 7.54. The number of aromatic nitrogens is 1. The maximum Gasteiger partial charge on any atom is 0.270 e. The number of nitrogens with zero attached hydrogens (tertiary/aromatic N) is 2. The Hall–Kier alpha value is -2.93.